The van der Waals surface area contributed by atoms with Crippen LogP contribution in [0.25, 0.3) is 11.7 Å². The molecule has 0 bridgehead atoms. The highest BCUT2D eigenvalue weighted by Gasteiger charge is 2.29. The van der Waals surface area contributed by atoms with Crippen molar-refractivity contribution in [3.05, 3.63) is 45.4 Å². The van der Waals surface area contributed by atoms with E-state index in [9.17, 15) is 19.6 Å². The number of amides is 1. The Hall–Kier alpha value is -3.67. The van der Waals surface area contributed by atoms with Crippen molar-refractivity contribution in [2.75, 3.05) is 24.6 Å². The second-order valence-corrected chi connectivity index (χ2v) is 9.53. The lowest BCUT2D eigenvalue weighted by Gasteiger charge is -2.32. The molecule has 1 aliphatic heterocycles. The third-order valence-corrected chi connectivity index (χ3v) is 7.07. The van der Waals surface area contributed by atoms with E-state index < -0.39 is 5.91 Å². The minimum Gasteiger partial charge on any atom is -0.466 e. The number of rotatable bonds is 6. The zero-order valence-corrected chi connectivity index (χ0v) is 21.0. The lowest BCUT2D eigenvalue weighted by Crippen LogP contribution is -2.39. The molecule has 1 amide bonds. The quantitative estimate of drug-likeness (QED) is 0.375. The van der Waals surface area contributed by atoms with E-state index in [2.05, 4.69) is 5.32 Å². The molecule has 1 aliphatic carbocycles. The van der Waals surface area contributed by atoms with Crippen LogP contribution in [0.3, 0.4) is 0 Å². The van der Waals surface area contributed by atoms with Gasteiger partial charge in [0.2, 0.25) is 0 Å². The number of aromatic nitrogens is 2. The Morgan fingerprint density at radius 2 is 1.94 bits per heavy atom. The Balaban J connectivity index is 1.71. The third-order valence-electron chi connectivity index (χ3n) is 7.07. The molecule has 0 unspecified atom stereocenters. The Bertz CT molecular complexity index is 1260. The first-order valence-electron chi connectivity index (χ1n) is 12.8. The highest BCUT2D eigenvalue weighted by atomic mass is 16.5. The number of carbonyl (C=O) groups excluding carboxylic acids is 2. The number of nitriles is 1. The molecule has 2 aromatic rings. The standard InChI is InChI=1S/C27H33N5O4/c1-3-36-27(35)19-11-14-31(15-12-19)24-22(26(34)32-13-7-8-18(2)23(32)30-24)16-20(17-28)25(33)29-21-9-5-4-6-10-21/h7-8,13,16,19,21H,3-6,9-12,14-15H2,1-2H3,(H,29,33). The predicted molar refractivity (Wildman–Crippen MR) is 136 cm³/mol. The van der Waals surface area contributed by atoms with Gasteiger partial charge >= 0.3 is 5.97 Å². The molecule has 190 valence electrons. The van der Waals surface area contributed by atoms with Gasteiger partial charge in [-0.1, -0.05) is 25.3 Å². The van der Waals surface area contributed by atoms with Crippen molar-refractivity contribution in [3.8, 4) is 6.07 Å². The summed E-state index contributed by atoms with van der Waals surface area (Å²) in [7, 11) is 0. The lowest BCUT2D eigenvalue weighted by atomic mass is 9.95. The molecule has 1 saturated heterocycles. The summed E-state index contributed by atoms with van der Waals surface area (Å²) in [6.07, 6.45) is 9.20. The summed E-state index contributed by atoms with van der Waals surface area (Å²) in [5, 5.41) is 12.8. The molecule has 1 N–H and O–H groups in total. The van der Waals surface area contributed by atoms with E-state index in [4.69, 9.17) is 9.72 Å². The van der Waals surface area contributed by atoms with Gasteiger partial charge < -0.3 is 15.0 Å². The normalized spacial score (nSPS) is 17.6. The Kier molecular flexibility index (Phi) is 8.04. The van der Waals surface area contributed by atoms with Crippen LogP contribution in [0, 0.1) is 24.2 Å². The molecule has 3 heterocycles. The highest BCUT2D eigenvalue weighted by Crippen LogP contribution is 2.27. The van der Waals surface area contributed by atoms with Gasteiger partial charge in [-0.2, -0.15) is 5.26 Å². The molecule has 2 aromatic heterocycles. The maximum Gasteiger partial charge on any atom is 0.309 e. The SMILES string of the molecule is CCOC(=O)C1CCN(c2nc3c(C)cccn3c(=O)c2C=C(C#N)C(=O)NC2CCCCC2)CC1. The van der Waals surface area contributed by atoms with Crippen LogP contribution in [-0.4, -0.2) is 47.0 Å². The largest absolute Gasteiger partial charge is 0.466 e. The predicted octanol–water partition coefficient (Wildman–Crippen LogP) is 3.14. The van der Waals surface area contributed by atoms with Gasteiger partial charge in [-0.05, 0) is 57.2 Å². The van der Waals surface area contributed by atoms with Gasteiger partial charge in [0.05, 0.1) is 18.1 Å². The summed E-state index contributed by atoms with van der Waals surface area (Å²) in [5.74, 6) is -0.440. The van der Waals surface area contributed by atoms with Gasteiger partial charge in [0, 0.05) is 25.3 Å². The Morgan fingerprint density at radius 1 is 1.22 bits per heavy atom. The van der Waals surface area contributed by atoms with E-state index in [-0.39, 0.29) is 34.6 Å². The summed E-state index contributed by atoms with van der Waals surface area (Å²) in [4.78, 5) is 45.5. The zero-order valence-electron chi connectivity index (χ0n) is 21.0. The van der Waals surface area contributed by atoms with Crippen LogP contribution in [0.5, 0.6) is 0 Å². The van der Waals surface area contributed by atoms with E-state index in [0.29, 0.717) is 44.0 Å². The molecular weight excluding hydrogens is 458 g/mol. The number of anilines is 1. The van der Waals surface area contributed by atoms with Crippen molar-refractivity contribution in [2.45, 2.75) is 64.8 Å². The van der Waals surface area contributed by atoms with Crippen LogP contribution >= 0.6 is 0 Å². The number of aryl methyl sites for hydroxylation is 1. The summed E-state index contributed by atoms with van der Waals surface area (Å²) >= 11 is 0. The van der Waals surface area contributed by atoms with Gasteiger partial charge in [0.1, 0.15) is 23.1 Å². The van der Waals surface area contributed by atoms with Crippen LogP contribution in [0.1, 0.15) is 63.0 Å². The number of nitrogens with zero attached hydrogens (tertiary/aromatic N) is 4. The van der Waals surface area contributed by atoms with E-state index in [0.717, 1.165) is 37.7 Å². The van der Waals surface area contributed by atoms with Gasteiger partial charge in [-0.25, -0.2) is 4.98 Å². The summed E-state index contributed by atoms with van der Waals surface area (Å²) in [6.45, 7) is 5.03. The smallest absolute Gasteiger partial charge is 0.309 e. The van der Waals surface area contributed by atoms with Gasteiger partial charge in [0.15, 0.2) is 0 Å². The van der Waals surface area contributed by atoms with Gasteiger partial charge in [-0.3, -0.25) is 18.8 Å². The third kappa shape index (κ3) is 5.43. The fraction of sp³-hybridized carbons (Fsp3) is 0.519. The van der Waals surface area contributed by atoms with Crippen molar-refractivity contribution < 1.29 is 14.3 Å². The Labute approximate surface area is 210 Å². The topological polar surface area (TPSA) is 117 Å². The molecule has 1 saturated carbocycles. The average molecular weight is 492 g/mol. The van der Waals surface area contributed by atoms with Crippen molar-refractivity contribution in [1.82, 2.24) is 14.7 Å². The van der Waals surface area contributed by atoms with E-state index in [1.165, 1.54) is 10.5 Å². The van der Waals surface area contributed by atoms with Crippen molar-refractivity contribution in [1.29, 1.82) is 5.26 Å². The fourth-order valence-electron chi connectivity index (χ4n) is 5.06. The van der Waals surface area contributed by atoms with Crippen LogP contribution in [0.15, 0.2) is 28.7 Å². The van der Waals surface area contributed by atoms with Crippen LogP contribution in [0.2, 0.25) is 0 Å². The molecule has 9 heteroatoms. The minimum atomic E-state index is -0.467. The second kappa shape index (κ2) is 11.4. The van der Waals surface area contributed by atoms with Crippen LogP contribution in [-0.2, 0) is 14.3 Å². The number of fused-ring (bicyclic) bond motifs is 1. The second-order valence-electron chi connectivity index (χ2n) is 9.53. The van der Waals surface area contributed by atoms with Crippen molar-refractivity contribution >= 4 is 29.4 Å². The maximum atomic E-state index is 13.6. The first kappa shape index (κ1) is 25.4. The number of ether oxygens (including phenoxy) is 1. The van der Waals surface area contributed by atoms with E-state index in [1.807, 2.05) is 24.0 Å². The minimum absolute atomic E-state index is 0.0443. The molecule has 0 radical (unpaired) electrons. The number of hydrogen-bond donors (Lipinski definition) is 1. The highest BCUT2D eigenvalue weighted by molar-refractivity contribution is 6.02. The van der Waals surface area contributed by atoms with Crippen molar-refractivity contribution in [2.24, 2.45) is 5.92 Å². The molecule has 4 rings (SSSR count). The molecule has 9 nitrogen and oxygen atoms in total. The number of pyridine rings is 1. The van der Waals surface area contributed by atoms with Gasteiger partial charge in [0.25, 0.3) is 11.5 Å². The molecular formula is C27H33N5O4. The monoisotopic (exact) mass is 491 g/mol. The Morgan fingerprint density at radius 3 is 2.61 bits per heavy atom. The lowest BCUT2D eigenvalue weighted by molar-refractivity contribution is -0.148. The maximum absolute atomic E-state index is 13.6. The molecule has 36 heavy (non-hydrogen) atoms. The molecule has 2 fully saturated rings. The summed E-state index contributed by atoms with van der Waals surface area (Å²) in [5.41, 5.74) is 1.10. The molecule has 0 atom stereocenters. The van der Waals surface area contributed by atoms with Gasteiger partial charge in [-0.15, -0.1) is 0 Å². The van der Waals surface area contributed by atoms with Crippen molar-refractivity contribution in [3.63, 3.8) is 0 Å². The number of piperidine rings is 1. The summed E-state index contributed by atoms with van der Waals surface area (Å²) in [6, 6.07) is 5.68. The van der Waals surface area contributed by atoms with Crippen LogP contribution in [0.4, 0.5) is 5.82 Å². The number of carbonyl (C=O) groups is 2. The molecule has 0 aromatic carbocycles. The average Bonchev–Trinajstić information content (AvgIpc) is 2.89. The van der Waals surface area contributed by atoms with E-state index in [1.54, 1.807) is 19.2 Å². The first-order chi connectivity index (χ1) is 17.4. The zero-order chi connectivity index (χ0) is 25.7. The first-order valence-corrected chi connectivity index (χ1v) is 12.8. The number of hydrogen-bond acceptors (Lipinski definition) is 7. The number of esters is 1. The summed E-state index contributed by atoms with van der Waals surface area (Å²) < 4.78 is 6.63. The van der Waals surface area contributed by atoms with E-state index >= 15 is 0 Å². The van der Waals surface area contributed by atoms with Crippen LogP contribution < -0.4 is 15.8 Å². The number of nitrogens with one attached hydrogen (secondary N) is 1. The molecule has 2 aliphatic rings. The molecule has 0 spiro atoms. The fourth-order valence-corrected chi connectivity index (χ4v) is 5.06.